The van der Waals surface area contributed by atoms with Crippen molar-refractivity contribution in [3.8, 4) is 0 Å². The maximum absolute atomic E-state index is 10.3. The Balaban J connectivity index is 3.03. The van der Waals surface area contributed by atoms with Crippen LogP contribution in [-0.4, -0.2) is 170 Å². The van der Waals surface area contributed by atoms with Crippen molar-refractivity contribution in [1.82, 2.24) is 0 Å². The van der Waals surface area contributed by atoms with Gasteiger partial charge in [0.1, 0.15) is 0 Å². The molecule has 0 saturated heterocycles. The minimum atomic E-state index is -0.873. The molecular weight excluding hydrogens is 548 g/mol. The molecule has 0 aromatic rings. The Kier molecular flexibility index (Phi) is 36.1. The molecule has 0 radical (unpaired) electrons. The molecule has 246 valence electrons. The maximum atomic E-state index is 10.3. The number of hydrogen-bond acceptors (Lipinski definition) is 13. The predicted molar refractivity (Wildman–Crippen MR) is 148 cm³/mol. The molecule has 0 aromatic carbocycles. The van der Waals surface area contributed by atoms with Crippen LogP contribution in [0.25, 0.3) is 0 Å². The van der Waals surface area contributed by atoms with Crippen molar-refractivity contribution in [3.05, 3.63) is 0 Å². The second-order valence-corrected chi connectivity index (χ2v) is 8.08. The van der Waals surface area contributed by atoms with Crippen molar-refractivity contribution in [2.45, 2.75) is 13.3 Å². The van der Waals surface area contributed by atoms with Crippen LogP contribution in [0.5, 0.6) is 0 Å². The Morgan fingerprint density at radius 3 is 0.683 bits per heavy atom. The van der Waals surface area contributed by atoms with E-state index >= 15 is 0 Å². The number of aliphatic carboxylic acids is 1. The normalized spacial score (nSPS) is 11.4. The van der Waals surface area contributed by atoms with Crippen LogP contribution in [-0.2, 0) is 61.6 Å². The van der Waals surface area contributed by atoms with Gasteiger partial charge in [0.25, 0.3) is 0 Å². The Labute approximate surface area is 245 Å². The molecule has 0 rings (SSSR count). The maximum Gasteiger partial charge on any atom is 0.305 e. The summed E-state index contributed by atoms with van der Waals surface area (Å²) in [6.45, 7) is 13.9. The second kappa shape index (κ2) is 37.0. The van der Waals surface area contributed by atoms with Crippen LogP contribution < -0.4 is 0 Å². The lowest BCUT2D eigenvalue weighted by Crippen LogP contribution is -2.15. The van der Waals surface area contributed by atoms with Crippen LogP contribution in [0.1, 0.15) is 13.3 Å². The summed E-state index contributed by atoms with van der Waals surface area (Å²) in [6, 6.07) is 0. The van der Waals surface area contributed by atoms with Gasteiger partial charge >= 0.3 is 5.97 Å². The Morgan fingerprint density at radius 2 is 0.512 bits per heavy atom. The first kappa shape index (κ1) is 40.0. The summed E-state index contributed by atoms with van der Waals surface area (Å²) < 4.78 is 64.4. The minimum absolute atomic E-state index is 0.000897. The largest absolute Gasteiger partial charge is 0.481 e. The van der Waals surface area contributed by atoms with Gasteiger partial charge in [-0.05, 0) is 6.92 Å². The molecule has 0 aromatic heterocycles. The molecule has 0 fully saturated rings. The van der Waals surface area contributed by atoms with Crippen molar-refractivity contribution in [2.24, 2.45) is 0 Å². The van der Waals surface area contributed by atoms with E-state index in [2.05, 4.69) is 0 Å². The van der Waals surface area contributed by atoms with Crippen LogP contribution in [0.2, 0.25) is 0 Å². The highest BCUT2D eigenvalue weighted by molar-refractivity contribution is 5.66. The monoisotopic (exact) mass is 602 g/mol. The molecule has 14 heteroatoms. The van der Waals surface area contributed by atoms with E-state index in [9.17, 15) is 4.79 Å². The summed E-state index contributed by atoms with van der Waals surface area (Å²) in [7, 11) is 0. The SMILES string of the molecule is CCOCCOCCOCCOCCOCCOCCOCCOCCOCCOCCOCCOCCC(=O)O. The zero-order chi connectivity index (χ0) is 29.7. The molecule has 0 atom stereocenters. The number of rotatable bonds is 37. The van der Waals surface area contributed by atoms with Crippen LogP contribution >= 0.6 is 0 Å². The van der Waals surface area contributed by atoms with Crippen molar-refractivity contribution in [3.63, 3.8) is 0 Å². The van der Waals surface area contributed by atoms with E-state index in [0.717, 1.165) is 0 Å². The van der Waals surface area contributed by atoms with Gasteiger partial charge in [-0.15, -0.1) is 0 Å². The lowest BCUT2D eigenvalue weighted by atomic mass is 10.5. The van der Waals surface area contributed by atoms with Crippen molar-refractivity contribution >= 4 is 5.97 Å². The lowest BCUT2D eigenvalue weighted by molar-refractivity contribution is -0.138. The van der Waals surface area contributed by atoms with Gasteiger partial charge in [-0.3, -0.25) is 4.79 Å². The summed E-state index contributed by atoms with van der Waals surface area (Å²) in [5.41, 5.74) is 0. The summed E-state index contributed by atoms with van der Waals surface area (Å²) >= 11 is 0. The lowest BCUT2D eigenvalue weighted by Gasteiger charge is -2.09. The first-order valence-electron chi connectivity index (χ1n) is 14.4. The molecule has 14 nitrogen and oxygen atoms in total. The van der Waals surface area contributed by atoms with Crippen LogP contribution in [0, 0.1) is 0 Å². The summed E-state index contributed by atoms with van der Waals surface area (Å²) in [6.07, 6.45) is -0.000897. The fraction of sp³-hybridized carbons (Fsp3) is 0.963. The van der Waals surface area contributed by atoms with Gasteiger partial charge in [0.05, 0.1) is 158 Å². The third-order valence-corrected chi connectivity index (χ3v) is 4.76. The molecule has 0 unspecified atom stereocenters. The fourth-order valence-electron chi connectivity index (χ4n) is 2.72. The molecule has 0 heterocycles. The number of ether oxygens (including phenoxy) is 12. The van der Waals surface area contributed by atoms with Crippen LogP contribution in [0.4, 0.5) is 0 Å². The molecule has 0 bridgehead atoms. The number of carboxylic acids is 1. The smallest absolute Gasteiger partial charge is 0.305 e. The van der Waals surface area contributed by atoms with Gasteiger partial charge in [-0.1, -0.05) is 0 Å². The molecule has 0 amide bonds. The topological polar surface area (TPSA) is 148 Å². The average molecular weight is 603 g/mol. The van der Waals surface area contributed by atoms with Crippen LogP contribution in [0.3, 0.4) is 0 Å². The highest BCUT2D eigenvalue weighted by Crippen LogP contribution is 1.88. The van der Waals surface area contributed by atoms with E-state index in [1.54, 1.807) is 0 Å². The second-order valence-electron chi connectivity index (χ2n) is 8.08. The quantitative estimate of drug-likeness (QED) is 0.0994. The molecule has 0 aliphatic rings. The van der Waals surface area contributed by atoms with Crippen molar-refractivity contribution in [2.75, 3.05) is 159 Å². The molecule has 0 spiro atoms. The van der Waals surface area contributed by atoms with E-state index in [4.69, 9.17) is 61.9 Å². The molecule has 1 N–H and O–H groups in total. The zero-order valence-corrected chi connectivity index (χ0v) is 24.9. The Morgan fingerprint density at radius 1 is 0.341 bits per heavy atom. The van der Waals surface area contributed by atoms with Gasteiger partial charge in [-0.25, -0.2) is 0 Å². The first-order chi connectivity index (χ1) is 20.3. The molecular formula is C27H54O14. The van der Waals surface area contributed by atoms with E-state index in [1.165, 1.54) is 0 Å². The summed E-state index contributed by atoms with van der Waals surface area (Å²) in [5, 5.41) is 8.47. The van der Waals surface area contributed by atoms with Crippen LogP contribution in [0.15, 0.2) is 0 Å². The van der Waals surface area contributed by atoms with Gasteiger partial charge in [0, 0.05) is 6.61 Å². The van der Waals surface area contributed by atoms with Gasteiger partial charge in [-0.2, -0.15) is 0 Å². The Hall–Kier alpha value is -1.01. The number of carboxylic acid groups (broad SMARTS) is 1. The highest BCUT2D eigenvalue weighted by atomic mass is 16.6. The average Bonchev–Trinajstić information content (AvgIpc) is 2.97. The zero-order valence-electron chi connectivity index (χ0n) is 24.9. The third-order valence-electron chi connectivity index (χ3n) is 4.76. The molecule has 0 saturated carbocycles. The number of hydrogen-bond donors (Lipinski definition) is 1. The van der Waals surface area contributed by atoms with Gasteiger partial charge in [0.2, 0.25) is 0 Å². The first-order valence-corrected chi connectivity index (χ1v) is 14.4. The fourth-order valence-corrected chi connectivity index (χ4v) is 2.72. The van der Waals surface area contributed by atoms with E-state index < -0.39 is 5.97 Å². The van der Waals surface area contributed by atoms with E-state index in [1.807, 2.05) is 6.92 Å². The molecule has 41 heavy (non-hydrogen) atoms. The van der Waals surface area contributed by atoms with E-state index in [0.29, 0.717) is 152 Å². The van der Waals surface area contributed by atoms with Gasteiger partial charge in [0.15, 0.2) is 0 Å². The number of carbonyl (C=O) groups is 1. The summed E-state index contributed by atoms with van der Waals surface area (Å²) in [5.74, 6) is -0.873. The van der Waals surface area contributed by atoms with E-state index in [-0.39, 0.29) is 13.0 Å². The predicted octanol–water partition coefficient (Wildman–Crippen LogP) is 0.680. The minimum Gasteiger partial charge on any atom is -0.481 e. The van der Waals surface area contributed by atoms with Crippen molar-refractivity contribution < 1.29 is 66.7 Å². The highest BCUT2D eigenvalue weighted by Gasteiger charge is 1.98. The summed E-state index contributed by atoms with van der Waals surface area (Å²) in [4.78, 5) is 10.3. The third kappa shape index (κ3) is 39.0. The molecule has 0 aliphatic carbocycles. The standard InChI is InChI=1S/C27H54O14/c1-2-30-5-6-32-9-10-34-13-14-36-17-18-38-21-22-40-25-26-41-24-23-39-20-19-37-16-15-35-12-11-33-8-7-31-4-3-27(28)29/h2-26H2,1H3,(H,28,29). The van der Waals surface area contributed by atoms with Crippen molar-refractivity contribution in [1.29, 1.82) is 0 Å². The van der Waals surface area contributed by atoms with Gasteiger partial charge < -0.3 is 61.9 Å². The molecule has 0 aliphatic heterocycles. The Bertz CT molecular complexity index is 501.